The van der Waals surface area contributed by atoms with Gasteiger partial charge in [-0.05, 0) is 41.0 Å². The average Bonchev–Trinajstić information content (AvgIpc) is 2.82. The lowest BCUT2D eigenvalue weighted by Crippen LogP contribution is -2.34. The molecule has 0 bridgehead atoms. The highest BCUT2D eigenvalue weighted by atomic mass is 16.1. The Hall–Kier alpha value is -3.72. The number of Topliss-reactive ketones (excluding diaryl/α,β-unsaturated/α-hetero) is 1. The molecule has 0 atom stereocenters. The summed E-state index contributed by atoms with van der Waals surface area (Å²) in [7, 11) is 0. The molecule has 33 heavy (non-hydrogen) atoms. The van der Waals surface area contributed by atoms with Gasteiger partial charge in [0.25, 0.3) is 0 Å². The molecule has 3 heteroatoms. The van der Waals surface area contributed by atoms with Crippen LogP contribution in [0.25, 0.3) is 0 Å². The normalized spacial score (nSPS) is 15.9. The van der Waals surface area contributed by atoms with Gasteiger partial charge >= 0.3 is 0 Å². The third-order valence-electron chi connectivity index (χ3n) is 6.63. The van der Waals surface area contributed by atoms with Crippen molar-refractivity contribution in [3.63, 3.8) is 0 Å². The number of anilines is 1. The molecule has 1 aliphatic carbocycles. The Morgan fingerprint density at radius 1 is 0.667 bits per heavy atom. The van der Waals surface area contributed by atoms with Gasteiger partial charge in [0.05, 0.1) is 11.4 Å². The first-order chi connectivity index (χ1) is 15.7. The van der Waals surface area contributed by atoms with Gasteiger partial charge in [-0.3, -0.25) is 4.79 Å². The molecule has 0 saturated carbocycles. The number of hydrogen-bond acceptors (Lipinski definition) is 3. The van der Waals surface area contributed by atoms with Crippen LogP contribution >= 0.6 is 0 Å². The van der Waals surface area contributed by atoms with Gasteiger partial charge in [-0.1, -0.05) is 100 Å². The molecule has 0 aliphatic heterocycles. The summed E-state index contributed by atoms with van der Waals surface area (Å²) in [5, 5.41) is 0. The van der Waals surface area contributed by atoms with Crippen LogP contribution in [0.2, 0.25) is 0 Å². The van der Waals surface area contributed by atoms with Crippen molar-refractivity contribution in [3.8, 4) is 0 Å². The van der Waals surface area contributed by atoms with Crippen LogP contribution in [-0.4, -0.2) is 11.5 Å². The summed E-state index contributed by atoms with van der Waals surface area (Å²) < 4.78 is 0. The zero-order valence-electron chi connectivity index (χ0n) is 19.7. The van der Waals surface area contributed by atoms with Crippen molar-refractivity contribution in [2.75, 3.05) is 5.73 Å². The van der Waals surface area contributed by atoms with Crippen molar-refractivity contribution < 1.29 is 4.79 Å². The Morgan fingerprint density at radius 2 is 1.18 bits per heavy atom. The van der Waals surface area contributed by atoms with E-state index in [2.05, 4.69) is 58.0 Å². The summed E-state index contributed by atoms with van der Waals surface area (Å²) in [6, 6.07) is 27.9. The second kappa shape index (κ2) is 8.67. The number of nitrogens with zero attached hydrogens (tertiary/aromatic N) is 1. The molecule has 0 heterocycles. The largest absolute Gasteiger partial charge is 0.397 e. The van der Waals surface area contributed by atoms with Gasteiger partial charge in [0.2, 0.25) is 5.78 Å². The molecule has 3 nitrogen and oxygen atoms in total. The molecule has 3 aromatic rings. The van der Waals surface area contributed by atoms with E-state index in [1.165, 1.54) is 5.56 Å². The maximum Gasteiger partial charge on any atom is 0.208 e. The van der Waals surface area contributed by atoms with Crippen LogP contribution in [0.4, 0.5) is 11.4 Å². The third-order valence-corrected chi connectivity index (χ3v) is 6.63. The summed E-state index contributed by atoms with van der Waals surface area (Å²) in [4.78, 5) is 18.5. The predicted octanol–water partition coefficient (Wildman–Crippen LogP) is 6.73. The number of ketones is 1. The van der Waals surface area contributed by atoms with Gasteiger partial charge in [0, 0.05) is 16.4 Å². The van der Waals surface area contributed by atoms with Crippen LogP contribution < -0.4 is 5.73 Å². The lowest BCUT2D eigenvalue weighted by atomic mass is 9.68. The molecule has 166 valence electrons. The van der Waals surface area contributed by atoms with Crippen LogP contribution in [0, 0.1) is 0 Å². The van der Waals surface area contributed by atoms with Gasteiger partial charge in [-0.25, -0.2) is 4.99 Å². The molecular weight excluding hydrogens is 404 g/mol. The molecule has 0 saturated heterocycles. The summed E-state index contributed by atoms with van der Waals surface area (Å²) in [5.41, 5.74) is 10.9. The number of carbonyl (C=O) groups excluding carboxylic acids is 1. The zero-order valence-corrected chi connectivity index (χ0v) is 19.7. The fourth-order valence-corrected chi connectivity index (χ4v) is 4.27. The number of allylic oxidation sites excluding steroid dienone is 4. The van der Waals surface area contributed by atoms with Crippen LogP contribution in [0.3, 0.4) is 0 Å². The highest BCUT2D eigenvalue weighted by Crippen LogP contribution is 2.40. The van der Waals surface area contributed by atoms with Crippen LogP contribution in [-0.2, 0) is 15.6 Å². The van der Waals surface area contributed by atoms with E-state index in [0.29, 0.717) is 17.1 Å². The Kier molecular flexibility index (Phi) is 5.90. The number of nitrogens with two attached hydrogens (primary N) is 1. The zero-order chi connectivity index (χ0) is 23.6. The maximum atomic E-state index is 13.8. The van der Waals surface area contributed by atoms with Crippen LogP contribution in [0.1, 0.15) is 38.8 Å². The number of rotatable bonds is 5. The minimum atomic E-state index is -0.492. The lowest BCUT2D eigenvalue weighted by Gasteiger charge is -2.34. The lowest BCUT2D eigenvalue weighted by molar-refractivity contribution is -0.110. The van der Waals surface area contributed by atoms with E-state index in [0.717, 1.165) is 16.7 Å². The first-order valence-corrected chi connectivity index (χ1v) is 11.2. The predicted molar refractivity (Wildman–Crippen MR) is 138 cm³/mol. The molecule has 0 fully saturated rings. The van der Waals surface area contributed by atoms with Gasteiger partial charge in [0.15, 0.2) is 0 Å². The highest BCUT2D eigenvalue weighted by molar-refractivity contribution is 6.51. The third kappa shape index (κ3) is 4.31. The first kappa shape index (κ1) is 22.5. The maximum absolute atomic E-state index is 13.8. The second-order valence-electron chi connectivity index (χ2n) is 9.52. The first-order valence-electron chi connectivity index (χ1n) is 11.2. The fourth-order valence-electron chi connectivity index (χ4n) is 4.27. The number of carbonyl (C=O) groups is 1. The highest BCUT2D eigenvalue weighted by Gasteiger charge is 2.37. The monoisotopic (exact) mass is 434 g/mol. The summed E-state index contributed by atoms with van der Waals surface area (Å²) in [6.45, 7) is 8.56. The summed E-state index contributed by atoms with van der Waals surface area (Å²) in [5.74, 6) is -0.0697. The van der Waals surface area contributed by atoms with E-state index in [9.17, 15) is 4.79 Å². The van der Waals surface area contributed by atoms with E-state index in [4.69, 9.17) is 10.7 Å². The van der Waals surface area contributed by atoms with Crippen molar-refractivity contribution in [3.05, 3.63) is 119 Å². The summed E-state index contributed by atoms with van der Waals surface area (Å²) >= 11 is 0. The number of aliphatic imine (C=N–C) groups is 1. The van der Waals surface area contributed by atoms with Gasteiger partial charge in [-0.2, -0.15) is 0 Å². The molecule has 0 radical (unpaired) electrons. The average molecular weight is 435 g/mol. The molecule has 3 aromatic carbocycles. The fraction of sp³-hybridized carbons (Fsp3) is 0.200. The number of benzene rings is 3. The Labute approximate surface area is 196 Å². The van der Waals surface area contributed by atoms with E-state index in [1.54, 1.807) is 6.07 Å². The molecule has 0 spiro atoms. The Bertz CT molecular complexity index is 1260. The molecule has 0 amide bonds. The molecule has 4 rings (SSSR count). The van der Waals surface area contributed by atoms with Gasteiger partial charge in [-0.15, -0.1) is 0 Å². The van der Waals surface area contributed by atoms with Crippen molar-refractivity contribution in [1.82, 2.24) is 0 Å². The van der Waals surface area contributed by atoms with Gasteiger partial charge in [0.1, 0.15) is 5.71 Å². The van der Waals surface area contributed by atoms with E-state index in [1.807, 2.05) is 60.7 Å². The van der Waals surface area contributed by atoms with Crippen LogP contribution in [0.15, 0.2) is 113 Å². The van der Waals surface area contributed by atoms with E-state index >= 15 is 0 Å². The Morgan fingerprint density at radius 3 is 1.76 bits per heavy atom. The quantitative estimate of drug-likeness (QED) is 0.357. The van der Waals surface area contributed by atoms with Crippen LogP contribution in [0.5, 0.6) is 0 Å². The van der Waals surface area contributed by atoms with Gasteiger partial charge < -0.3 is 5.73 Å². The molecule has 0 unspecified atom stereocenters. The van der Waals surface area contributed by atoms with Crippen molar-refractivity contribution in [2.24, 2.45) is 4.99 Å². The van der Waals surface area contributed by atoms with E-state index in [-0.39, 0.29) is 11.2 Å². The van der Waals surface area contributed by atoms with Crippen molar-refractivity contribution in [2.45, 2.75) is 38.5 Å². The smallest absolute Gasteiger partial charge is 0.208 e. The molecule has 2 N–H and O–H groups in total. The minimum Gasteiger partial charge on any atom is -0.397 e. The Balaban J connectivity index is 1.91. The molecule has 1 aliphatic rings. The number of hydrogen-bond donors (Lipinski definition) is 1. The van der Waals surface area contributed by atoms with E-state index < -0.39 is 5.41 Å². The SMILES string of the molecule is CC(C)(C1=CC(=Nc2ccccc2N)C(=O)C(C(C)(C)c2ccccc2)=C1)c1ccccc1. The molecule has 0 aromatic heterocycles. The summed E-state index contributed by atoms with van der Waals surface area (Å²) in [6.07, 6.45) is 3.99. The van der Waals surface area contributed by atoms with Crippen molar-refractivity contribution >= 4 is 22.9 Å². The minimum absolute atomic E-state index is 0.0697. The second-order valence-corrected chi connectivity index (χ2v) is 9.52. The van der Waals surface area contributed by atoms with Crippen molar-refractivity contribution in [1.29, 1.82) is 0 Å². The number of nitrogen functional groups attached to an aromatic ring is 1. The number of para-hydroxylation sites is 2. The standard InChI is InChI=1S/C30H30N2O/c1-29(2,21-13-7-5-8-14-21)23-19-24(30(3,4)22-15-9-6-10-16-22)28(33)27(20-23)32-26-18-12-11-17-25(26)31/h5-20H,31H2,1-4H3. The topological polar surface area (TPSA) is 55.4 Å². The molecular formula is C30H30N2O.